The van der Waals surface area contributed by atoms with Gasteiger partial charge in [0.25, 0.3) is 0 Å². The Labute approximate surface area is 82.2 Å². The molecule has 0 aliphatic carbocycles. The van der Waals surface area contributed by atoms with Crippen LogP contribution in [0.4, 0.5) is 0 Å². The van der Waals surface area contributed by atoms with Crippen LogP contribution in [0.5, 0.6) is 0 Å². The zero-order valence-corrected chi connectivity index (χ0v) is 8.12. The van der Waals surface area contributed by atoms with E-state index in [4.69, 9.17) is 4.42 Å². The zero-order chi connectivity index (χ0) is 9.97. The Morgan fingerprint density at radius 3 is 2.64 bits per heavy atom. The third-order valence-electron chi connectivity index (χ3n) is 2.32. The van der Waals surface area contributed by atoms with Gasteiger partial charge in [0.1, 0.15) is 0 Å². The Morgan fingerprint density at radius 2 is 1.93 bits per heavy atom. The van der Waals surface area contributed by atoms with Crippen LogP contribution in [0.1, 0.15) is 18.9 Å². The van der Waals surface area contributed by atoms with E-state index in [1.54, 1.807) is 12.3 Å². The van der Waals surface area contributed by atoms with E-state index in [9.17, 15) is 4.79 Å². The molecule has 1 aromatic heterocycles. The average Bonchev–Trinajstić information content (AvgIpc) is 2.23. The summed E-state index contributed by atoms with van der Waals surface area (Å²) in [4.78, 5) is 11.4. The maximum atomic E-state index is 11.4. The van der Waals surface area contributed by atoms with Gasteiger partial charge < -0.3 is 4.42 Å². The molecule has 2 aromatic rings. The summed E-state index contributed by atoms with van der Waals surface area (Å²) in [6.45, 7) is 2.11. The largest absolute Gasteiger partial charge is 0.431 e. The van der Waals surface area contributed by atoms with E-state index in [0.717, 1.165) is 23.8 Å². The van der Waals surface area contributed by atoms with E-state index < -0.39 is 0 Å². The fraction of sp³-hybridized carbons (Fsp3) is 0.250. The highest BCUT2D eigenvalue weighted by atomic mass is 16.4. The Balaban J connectivity index is 2.75. The minimum Gasteiger partial charge on any atom is -0.431 e. The van der Waals surface area contributed by atoms with Gasteiger partial charge in [0.05, 0.1) is 11.6 Å². The highest BCUT2D eigenvalue weighted by Crippen LogP contribution is 2.16. The number of fused-ring (bicyclic) bond motifs is 1. The molecule has 1 aromatic carbocycles. The first-order chi connectivity index (χ1) is 6.83. The lowest BCUT2D eigenvalue weighted by molar-refractivity contribution is 0.512. The van der Waals surface area contributed by atoms with E-state index in [0.29, 0.717) is 5.39 Å². The molecule has 0 fully saturated rings. The van der Waals surface area contributed by atoms with Crippen molar-refractivity contribution in [3.8, 4) is 0 Å². The lowest BCUT2D eigenvalue weighted by Gasteiger charge is -2.02. The maximum absolute atomic E-state index is 11.4. The molecule has 0 radical (unpaired) electrons. The van der Waals surface area contributed by atoms with E-state index in [-0.39, 0.29) is 5.63 Å². The predicted octanol–water partition coefficient (Wildman–Crippen LogP) is 2.75. The molecule has 72 valence electrons. The van der Waals surface area contributed by atoms with Gasteiger partial charge in [-0.2, -0.15) is 0 Å². The Morgan fingerprint density at radius 1 is 1.21 bits per heavy atom. The Bertz CT molecular complexity index is 497. The fourth-order valence-corrected chi connectivity index (χ4v) is 1.66. The molecule has 0 aliphatic rings. The number of benzene rings is 1. The molecule has 0 saturated carbocycles. The molecule has 2 heteroatoms. The van der Waals surface area contributed by atoms with Crippen LogP contribution in [-0.2, 0) is 6.42 Å². The third kappa shape index (κ3) is 1.43. The number of hydrogen-bond acceptors (Lipinski definition) is 2. The predicted molar refractivity (Wildman–Crippen MR) is 56.5 cm³/mol. The Hall–Kier alpha value is -1.57. The van der Waals surface area contributed by atoms with Crippen LogP contribution >= 0.6 is 0 Å². The molecule has 2 nitrogen and oxygen atoms in total. The highest BCUT2D eigenvalue weighted by Gasteiger charge is 2.03. The molecule has 0 amide bonds. The van der Waals surface area contributed by atoms with Crippen LogP contribution < -0.4 is 5.63 Å². The van der Waals surface area contributed by atoms with Crippen LogP contribution in [0.15, 0.2) is 39.7 Å². The monoisotopic (exact) mass is 188 g/mol. The Kier molecular flexibility index (Phi) is 2.35. The van der Waals surface area contributed by atoms with Gasteiger partial charge in [0, 0.05) is 0 Å². The topological polar surface area (TPSA) is 30.2 Å². The van der Waals surface area contributed by atoms with Gasteiger partial charge in [-0.25, -0.2) is 4.79 Å². The molecule has 1 heterocycles. The first-order valence-corrected chi connectivity index (χ1v) is 4.82. The normalized spacial score (nSPS) is 10.6. The van der Waals surface area contributed by atoms with Gasteiger partial charge in [-0.3, -0.25) is 0 Å². The van der Waals surface area contributed by atoms with Crippen molar-refractivity contribution in [3.63, 3.8) is 0 Å². The standard InChI is InChI=1S/C12H12O2/c1-2-5-9-8-14-12(13)11-7-4-3-6-10(9)11/h3-4,6-8H,2,5H2,1H3. The molecular formula is C12H12O2. The summed E-state index contributed by atoms with van der Waals surface area (Å²) < 4.78 is 4.97. The van der Waals surface area contributed by atoms with Crippen LogP contribution in [-0.4, -0.2) is 0 Å². The van der Waals surface area contributed by atoms with Gasteiger partial charge in [0.2, 0.25) is 0 Å². The number of aryl methyl sites for hydroxylation is 1. The molecule has 0 bridgehead atoms. The second kappa shape index (κ2) is 3.66. The third-order valence-corrected chi connectivity index (χ3v) is 2.32. The summed E-state index contributed by atoms with van der Waals surface area (Å²) in [5.74, 6) is 0. The summed E-state index contributed by atoms with van der Waals surface area (Å²) in [5.41, 5.74) is 0.864. The fourth-order valence-electron chi connectivity index (χ4n) is 1.66. The van der Waals surface area contributed by atoms with Crippen LogP contribution in [0.3, 0.4) is 0 Å². The van der Waals surface area contributed by atoms with Crippen molar-refractivity contribution >= 4 is 10.8 Å². The first kappa shape index (κ1) is 9.00. The molecule has 14 heavy (non-hydrogen) atoms. The molecule has 2 rings (SSSR count). The second-order valence-electron chi connectivity index (χ2n) is 3.34. The average molecular weight is 188 g/mol. The summed E-state index contributed by atoms with van der Waals surface area (Å²) in [7, 11) is 0. The van der Waals surface area contributed by atoms with Crippen molar-refractivity contribution in [2.24, 2.45) is 0 Å². The molecule has 0 N–H and O–H groups in total. The summed E-state index contributed by atoms with van der Waals surface area (Å²) in [5, 5.41) is 1.70. The van der Waals surface area contributed by atoms with E-state index >= 15 is 0 Å². The highest BCUT2D eigenvalue weighted by molar-refractivity contribution is 5.83. The van der Waals surface area contributed by atoms with Gasteiger partial charge in [-0.1, -0.05) is 31.5 Å². The van der Waals surface area contributed by atoms with Crippen molar-refractivity contribution in [2.75, 3.05) is 0 Å². The number of hydrogen-bond donors (Lipinski definition) is 0. The minimum atomic E-state index is -0.250. The molecule has 0 aliphatic heterocycles. The minimum absolute atomic E-state index is 0.250. The van der Waals surface area contributed by atoms with Crippen molar-refractivity contribution in [1.29, 1.82) is 0 Å². The first-order valence-electron chi connectivity index (χ1n) is 4.82. The van der Waals surface area contributed by atoms with Gasteiger partial charge in [0.15, 0.2) is 0 Å². The van der Waals surface area contributed by atoms with E-state index in [2.05, 4.69) is 6.92 Å². The van der Waals surface area contributed by atoms with Crippen molar-refractivity contribution < 1.29 is 4.42 Å². The molecule has 0 unspecified atom stereocenters. The van der Waals surface area contributed by atoms with Crippen molar-refractivity contribution in [2.45, 2.75) is 19.8 Å². The van der Waals surface area contributed by atoms with Crippen LogP contribution in [0.2, 0.25) is 0 Å². The lowest BCUT2D eigenvalue weighted by Crippen LogP contribution is -2.00. The van der Waals surface area contributed by atoms with Gasteiger partial charge >= 0.3 is 5.63 Å². The van der Waals surface area contributed by atoms with Crippen LogP contribution in [0.25, 0.3) is 10.8 Å². The van der Waals surface area contributed by atoms with Crippen LogP contribution in [0, 0.1) is 0 Å². The van der Waals surface area contributed by atoms with Gasteiger partial charge in [-0.15, -0.1) is 0 Å². The number of rotatable bonds is 2. The smallest absolute Gasteiger partial charge is 0.343 e. The van der Waals surface area contributed by atoms with E-state index in [1.807, 2.05) is 18.2 Å². The van der Waals surface area contributed by atoms with E-state index in [1.165, 1.54) is 0 Å². The van der Waals surface area contributed by atoms with Gasteiger partial charge in [-0.05, 0) is 23.4 Å². The maximum Gasteiger partial charge on any atom is 0.343 e. The summed E-state index contributed by atoms with van der Waals surface area (Å²) >= 11 is 0. The summed E-state index contributed by atoms with van der Waals surface area (Å²) in [6, 6.07) is 7.58. The molecule has 0 saturated heterocycles. The summed E-state index contributed by atoms with van der Waals surface area (Å²) in [6.07, 6.45) is 3.58. The molecule has 0 spiro atoms. The molecular weight excluding hydrogens is 176 g/mol. The quantitative estimate of drug-likeness (QED) is 0.725. The second-order valence-corrected chi connectivity index (χ2v) is 3.34. The lowest BCUT2D eigenvalue weighted by atomic mass is 10.1. The zero-order valence-electron chi connectivity index (χ0n) is 8.12. The SMILES string of the molecule is CCCc1coc(=O)c2ccccc12. The van der Waals surface area contributed by atoms with Crippen molar-refractivity contribution in [1.82, 2.24) is 0 Å². The van der Waals surface area contributed by atoms with Crippen molar-refractivity contribution in [3.05, 3.63) is 46.5 Å². The molecule has 0 atom stereocenters.